The van der Waals surface area contributed by atoms with Gasteiger partial charge in [-0.25, -0.2) is 0 Å². The van der Waals surface area contributed by atoms with Crippen LogP contribution in [-0.4, -0.2) is 74.2 Å². The Balaban J connectivity index is 3.89. The van der Waals surface area contributed by atoms with Crippen molar-refractivity contribution in [3.8, 4) is 0 Å². The SMILES string of the molecule is CCCCP(CCCC)(CCCC)(CCCC)OC(=O)c1ccc(C(=O)OP(CCCC)(CCCC)(CCCC)CCCC)c(S(=O)(=O)O)c1. The Hall–Kier alpha value is -1.07. The third-order valence-corrected chi connectivity index (χ3v) is 24.9. The van der Waals surface area contributed by atoms with Gasteiger partial charge in [0.05, 0.1) is 0 Å². The number of carbonyl (C=O) groups excluding carboxylic acids is 2. The van der Waals surface area contributed by atoms with E-state index in [-0.39, 0.29) is 11.1 Å². The monoisotopic (exact) mass is 762 g/mol. The fraction of sp³-hybridized carbons (Fsp3) is 0.800. The minimum absolute atomic E-state index is 0.0515. The second-order valence-corrected chi connectivity index (χ2v) is 28.0. The van der Waals surface area contributed by atoms with Crippen LogP contribution in [0.4, 0.5) is 0 Å². The molecule has 0 saturated heterocycles. The predicted molar refractivity (Wildman–Crippen MR) is 219 cm³/mol. The van der Waals surface area contributed by atoms with E-state index in [4.69, 9.17) is 9.05 Å². The summed E-state index contributed by atoms with van der Waals surface area (Å²) < 4.78 is 50.2. The van der Waals surface area contributed by atoms with Gasteiger partial charge in [-0.1, -0.05) is 0 Å². The molecule has 0 aromatic heterocycles. The quantitative estimate of drug-likeness (QED) is 0.0639. The number of benzene rings is 1. The van der Waals surface area contributed by atoms with Crippen molar-refractivity contribution < 1.29 is 31.6 Å². The van der Waals surface area contributed by atoms with E-state index >= 15 is 0 Å². The summed E-state index contributed by atoms with van der Waals surface area (Å²) in [5.41, 5.74) is -0.152. The Labute approximate surface area is 308 Å². The molecule has 0 amide bonds. The van der Waals surface area contributed by atoms with Crippen molar-refractivity contribution in [2.24, 2.45) is 0 Å². The molecule has 1 aromatic rings. The van der Waals surface area contributed by atoms with E-state index in [0.717, 1.165) is 158 Å². The maximum atomic E-state index is 14.3. The second-order valence-electron chi connectivity index (χ2n) is 15.3. The van der Waals surface area contributed by atoms with Gasteiger partial charge in [0.15, 0.2) is 0 Å². The molecule has 0 heterocycles. The van der Waals surface area contributed by atoms with E-state index in [1.165, 1.54) is 12.1 Å². The Morgan fingerprint density at radius 2 is 0.800 bits per heavy atom. The van der Waals surface area contributed by atoms with Crippen LogP contribution < -0.4 is 0 Å². The molecule has 1 aromatic carbocycles. The zero-order valence-corrected chi connectivity index (χ0v) is 36.0. The van der Waals surface area contributed by atoms with Gasteiger partial charge < -0.3 is 0 Å². The zero-order valence-electron chi connectivity index (χ0n) is 33.4. The maximum absolute atomic E-state index is 14.3. The number of rotatable bonds is 29. The molecule has 0 aliphatic heterocycles. The summed E-state index contributed by atoms with van der Waals surface area (Å²) in [7, 11) is -4.88. The molecule has 0 spiro atoms. The van der Waals surface area contributed by atoms with Crippen molar-refractivity contribution in [3.05, 3.63) is 29.3 Å². The summed E-state index contributed by atoms with van der Waals surface area (Å²) >= 11 is 0. The van der Waals surface area contributed by atoms with Crippen LogP contribution in [0.1, 0.15) is 179 Å². The molecule has 0 atom stereocenters. The van der Waals surface area contributed by atoms with Crippen LogP contribution in [0.3, 0.4) is 0 Å². The van der Waals surface area contributed by atoms with Gasteiger partial charge in [-0.3, -0.25) is 0 Å². The van der Waals surface area contributed by atoms with E-state index < -0.39 is 40.6 Å². The van der Waals surface area contributed by atoms with Crippen molar-refractivity contribution in [2.75, 3.05) is 49.3 Å². The third kappa shape index (κ3) is 13.4. The van der Waals surface area contributed by atoms with Crippen LogP contribution in [0.15, 0.2) is 23.1 Å². The summed E-state index contributed by atoms with van der Waals surface area (Å²) in [5, 5.41) is 0. The Morgan fingerprint density at radius 3 is 1.06 bits per heavy atom. The molecular formula is C40H76O7P2S. The van der Waals surface area contributed by atoms with Gasteiger partial charge in [0.2, 0.25) is 0 Å². The summed E-state index contributed by atoms with van der Waals surface area (Å²) in [6.45, 7) is 11.1. The Kier molecular flexibility index (Phi) is 20.9. The number of hydrogen-bond donors (Lipinski definition) is 1. The summed E-state index contributed by atoms with van der Waals surface area (Å²) in [6, 6.07) is 4.03. The van der Waals surface area contributed by atoms with Crippen LogP contribution in [0, 0.1) is 0 Å². The third-order valence-electron chi connectivity index (χ3n) is 11.0. The molecule has 294 valence electrons. The average Bonchev–Trinajstić information content (AvgIpc) is 3.11. The standard InChI is InChI=1S/C40H76O7P2S/c1-9-17-27-48(28-18-10-2,29-19-11-3,30-20-12-4)46-39(41)36-25-26-37(38(35-36)50(43,44)45)40(42)47-49(31-21-13-5,32-22-14-6,33-23-15-7)34-24-16-8/h25-26,35H,9-24,27-34H2,1-8H3,(H,43,44,45). The number of hydrogen-bond acceptors (Lipinski definition) is 6. The van der Waals surface area contributed by atoms with Crippen LogP contribution in [0.5, 0.6) is 0 Å². The normalized spacial score (nSPS) is 14.0. The fourth-order valence-corrected chi connectivity index (χ4v) is 22.0. The molecule has 0 fully saturated rings. The molecule has 0 aliphatic carbocycles. The molecule has 0 aliphatic rings. The molecule has 1 rings (SSSR count). The molecular weight excluding hydrogens is 686 g/mol. The topological polar surface area (TPSA) is 107 Å². The number of unbranched alkanes of at least 4 members (excludes halogenated alkanes) is 8. The first-order chi connectivity index (χ1) is 23.7. The van der Waals surface area contributed by atoms with Gasteiger partial charge in [-0.15, -0.1) is 0 Å². The summed E-state index contributed by atoms with van der Waals surface area (Å²) in [4.78, 5) is 28.0. The van der Waals surface area contributed by atoms with Gasteiger partial charge >= 0.3 is 309 Å². The predicted octanol–water partition coefficient (Wildman–Crippen LogP) is 12.6. The first-order valence-corrected chi connectivity index (χ1v) is 27.6. The molecule has 10 heteroatoms. The molecule has 0 saturated carbocycles. The van der Waals surface area contributed by atoms with Gasteiger partial charge in [0, 0.05) is 0 Å². The van der Waals surface area contributed by atoms with Crippen LogP contribution in [0.25, 0.3) is 0 Å². The van der Waals surface area contributed by atoms with E-state index in [1.807, 2.05) is 0 Å². The Bertz CT molecular complexity index is 1190. The molecule has 0 radical (unpaired) electrons. The molecule has 0 bridgehead atoms. The van der Waals surface area contributed by atoms with Gasteiger partial charge in [-0.05, 0) is 0 Å². The van der Waals surface area contributed by atoms with Crippen molar-refractivity contribution in [1.82, 2.24) is 0 Å². The molecule has 1 N–H and O–H groups in total. The van der Waals surface area contributed by atoms with Crippen molar-refractivity contribution >= 4 is 35.7 Å². The minimum atomic E-state index is -4.88. The van der Waals surface area contributed by atoms with Crippen LogP contribution >= 0.6 is 13.7 Å². The van der Waals surface area contributed by atoms with Crippen molar-refractivity contribution in [1.29, 1.82) is 0 Å². The first-order valence-electron chi connectivity index (χ1n) is 20.3. The molecule has 7 nitrogen and oxygen atoms in total. The van der Waals surface area contributed by atoms with E-state index in [9.17, 15) is 22.6 Å². The fourth-order valence-electron chi connectivity index (χ4n) is 7.77. The molecule has 0 unspecified atom stereocenters. The van der Waals surface area contributed by atoms with E-state index in [2.05, 4.69) is 55.4 Å². The average molecular weight is 763 g/mol. The zero-order chi connectivity index (χ0) is 37.8. The van der Waals surface area contributed by atoms with E-state index in [1.54, 1.807) is 0 Å². The second kappa shape index (κ2) is 22.2. The molecule has 50 heavy (non-hydrogen) atoms. The summed E-state index contributed by atoms with van der Waals surface area (Å²) in [5.74, 6) is -1.26. The van der Waals surface area contributed by atoms with Crippen LogP contribution in [0.2, 0.25) is 0 Å². The van der Waals surface area contributed by atoms with Crippen molar-refractivity contribution in [2.45, 2.75) is 163 Å². The van der Waals surface area contributed by atoms with Gasteiger partial charge in [-0.2, -0.15) is 0 Å². The van der Waals surface area contributed by atoms with E-state index in [0.29, 0.717) is 0 Å². The van der Waals surface area contributed by atoms with Crippen LogP contribution in [-0.2, 0) is 19.2 Å². The number of carbonyl (C=O) groups is 2. The van der Waals surface area contributed by atoms with Gasteiger partial charge in [0.1, 0.15) is 0 Å². The van der Waals surface area contributed by atoms with Gasteiger partial charge in [0.25, 0.3) is 0 Å². The Morgan fingerprint density at radius 1 is 0.520 bits per heavy atom. The van der Waals surface area contributed by atoms with Crippen molar-refractivity contribution in [3.63, 3.8) is 0 Å². The first kappa shape index (κ1) is 47.0. The summed E-state index contributed by atoms with van der Waals surface area (Å²) in [6.07, 6.45) is 22.4.